The topological polar surface area (TPSA) is 170 Å². The summed E-state index contributed by atoms with van der Waals surface area (Å²) in [6, 6.07) is 15.9. The summed E-state index contributed by atoms with van der Waals surface area (Å²) in [5, 5.41) is 31.3. The number of nitrogens with zero attached hydrogens (tertiary/aromatic N) is 12. The summed E-state index contributed by atoms with van der Waals surface area (Å²) in [6.45, 7) is 1.95. The van der Waals surface area contributed by atoms with Crippen molar-refractivity contribution in [1.82, 2.24) is 57.7 Å². The van der Waals surface area contributed by atoms with Crippen LogP contribution in [0.15, 0.2) is 95.3 Å². The van der Waals surface area contributed by atoms with E-state index in [9.17, 15) is 46.0 Å². The maximum absolute atomic E-state index is 14.7. The lowest BCUT2D eigenvalue weighted by Crippen LogP contribution is -2.47. The number of amides is 1. The quantitative estimate of drug-likeness (QED) is 0.106. The minimum Gasteiger partial charge on any atom is -0.359 e. The summed E-state index contributed by atoms with van der Waals surface area (Å²) in [5.74, 6) is 0.921. The molecule has 77 heavy (non-hydrogen) atoms. The second kappa shape index (κ2) is 18.5. The average Bonchev–Trinajstić information content (AvgIpc) is 3.58. The molecule has 3 aliphatic carbocycles. The van der Waals surface area contributed by atoms with Crippen LogP contribution in [0.2, 0.25) is 0 Å². The van der Waals surface area contributed by atoms with E-state index in [4.69, 9.17) is 10.2 Å². The number of carbonyl (C=O) groups excluding carboxylic acids is 1. The molecule has 398 valence electrons. The predicted octanol–water partition coefficient (Wildman–Crippen LogP) is 8.19. The van der Waals surface area contributed by atoms with Gasteiger partial charge in [0.15, 0.2) is 0 Å². The van der Waals surface area contributed by atoms with E-state index in [0.717, 1.165) is 77.5 Å². The van der Waals surface area contributed by atoms with Gasteiger partial charge in [0.25, 0.3) is 0 Å². The fraction of sp³-hybridized carbons (Fsp3) is 0.418. The molecule has 0 unspecified atom stereocenters. The zero-order valence-corrected chi connectivity index (χ0v) is 42.3. The van der Waals surface area contributed by atoms with Gasteiger partial charge in [-0.2, -0.15) is 31.6 Å². The number of benzene rings is 2. The Bertz CT molecular complexity index is 3810. The van der Waals surface area contributed by atoms with Gasteiger partial charge in [0.2, 0.25) is 5.91 Å². The van der Waals surface area contributed by atoms with Crippen LogP contribution < -0.4 is 16.7 Å². The number of pyridine rings is 2. The molecular formula is C55H53F6N13O3. The van der Waals surface area contributed by atoms with E-state index < -0.39 is 40.8 Å². The first-order valence-corrected chi connectivity index (χ1v) is 25.8. The van der Waals surface area contributed by atoms with Gasteiger partial charge in [0.1, 0.15) is 23.8 Å². The highest BCUT2D eigenvalue weighted by Crippen LogP contribution is 2.54. The van der Waals surface area contributed by atoms with E-state index in [2.05, 4.69) is 26.5 Å². The van der Waals surface area contributed by atoms with Crippen LogP contribution in [0, 0.1) is 28.6 Å². The number of nitriles is 1. The number of halogens is 6. The molecule has 4 fully saturated rings. The minimum atomic E-state index is -4.73. The molecule has 1 amide bonds. The normalized spacial score (nSPS) is 19.2. The molecule has 16 nitrogen and oxygen atoms in total. The van der Waals surface area contributed by atoms with Gasteiger partial charge in [-0.15, -0.1) is 20.4 Å². The van der Waals surface area contributed by atoms with Gasteiger partial charge in [-0.05, 0) is 133 Å². The Morgan fingerprint density at radius 3 is 2.08 bits per heavy atom. The van der Waals surface area contributed by atoms with Crippen molar-refractivity contribution in [2.45, 2.75) is 94.4 Å². The van der Waals surface area contributed by atoms with Crippen molar-refractivity contribution < 1.29 is 31.1 Å². The van der Waals surface area contributed by atoms with Crippen LogP contribution in [0.3, 0.4) is 0 Å². The highest BCUT2D eigenvalue weighted by atomic mass is 19.4. The molecule has 8 aromatic rings. The Labute approximate surface area is 436 Å². The molecular weight excluding hydrogens is 1000 g/mol. The van der Waals surface area contributed by atoms with Gasteiger partial charge >= 0.3 is 23.7 Å². The van der Waals surface area contributed by atoms with Gasteiger partial charge in [-0.25, -0.2) is 9.59 Å². The lowest BCUT2D eigenvalue weighted by Gasteiger charge is -2.40. The molecule has 4 aliphatic rings. The van der Waals surface area contributed by atoms with E-state index in [1.807, 2.05) is 29.3 Å². The number of rotatable bonds is 14. The molecule has 0 radical (unpaired) electrons. The average molecular weight is 1060 g/mol. The van der Waals surface area contributed by atoms with Crippen molar-refractivity contribution in [1.29, 1.82) is 5.26 Å². The lowest BCUT2D eigenvalue weighted by molar-refractivity contribution is -0.137. The number of nitrogens with one attached hydrogen (secondary N) is 1. The van der Waals surface area contributed by atoms with Crippen molar-refractivity contribution in [3.63, 3.8) is 0 Å². The summed E-state index contributed by atoms with van der Waals surface area (Å²) >= 11 is 0. The van der Waals surface area contributed by atoms with Gasteiger partial charge in [-0.3, -0.25) is 27.6 Å². The van der Waals surface area contributed by atoms with Crippen LogP contribution in [0.4, 0.5) is 26.3 Å². The number of fused-ring (bicyclic) bond motifs is 2. The van der Waals surface area contributed by atoms with Gasteiger partial charge in [0, 0.05) is 89.7 Å². The van der Waals surface area contributed by atoms with Gasteiger partial charge in [0.05, 0.1) is 45.2 Å². The van der Waals surface area contributed by atoms with E-state index in [1.54, 1.807) is 30.6 Å². The fourth-order valence-electron chi connectivity index (χ4n) is 12.3. The Hall–Kier alpha value is -7.80. The number of hydrogen-bond donors (Lipinski definition) is 1. The number of hydrogen-bond acceptors (Lipinski definition) is 9. The molecule has 7 heterocycles. The number of alkyl halides is 6. The van der Waals surface area contributed by atoms with Crippen LogP contribution in [0.25, 0.3) is 22.4 Å². The van der Waals surface area contributed by atoms with E-state index >= 15 is 0 Å². The smallest absolute Gasteiger partial charge is 0.359 e. The number of likely N-dealkylation sites (tertiary alicyclic amines) is 1. The molecule has 22 heteroatoms. The van der Waals surface area contributed by atoms with Crippen molar-refractivity contribution in [3.05, 3.63) is 163 Å². The molecule has 2 aromatic carbocycles. The summed E-state index contributed by atoms with van der Waals surface area (Å²) < 4.78 is 95.0. The monoisotopic (exact) mass is 1060 g/mol. The molecule has 12 rings (SSSR count). The first-order valence-electron chi connectivity index (χ1n) is 25.8. The van der Waals surface area contributed by atoms with Crippen molar-refractivity contribution in [2.24, 2.45) is 31.3 Å². The number of aryl methyl sites for hydroxylation is 2. The second-order valence-electron chi connectivity index (χ2n) is 21.8. The maximum Gasteiger partial charge on any atom is 0.418 e. The van der Waals surface area contributed by atoms with Gasteiger partial charge in [-0.1, -0.05) is 12.5 Å². The Morgan fingerprint density at radius 1 is 0.792 bits per heavy atom. The highest BCUT2D eigenvalue weighted by Gasteiger charge is 2.52. The van der Waals surface area contributed by atoms with Crippen LogP contribution in [0.5, 0.6) is 0 Å². The lowest BCUT2D eigenvalue weighted by atomic mass is 9.65. The second-order valence-corrected chi connectivity index (χ2v) is 21.8. The highest BCUT2D eigenvalue weighted by molar-refractivity contribution is 5.75. The standard InChI is InChI=1S/C55H53F6N13O3/c1-63-45(75)10-9-31-14-35(21-39(16-31)72-26-43-41(54(56,57)58)8-5-13-71(43)51(72)76)47(49-65-64-30-68(49)2)37-19-38(20-37)48-66-67-50(69(48)3)46(34-6-4-7-34)36-15-32(23-62)17-40(22-36)73-27-44-42(55(59,60)61)18-33(25-74(44)52(73)77)24-70-28-53(29-70)11-12-53/h5,8,13-18,21-22,25-27,30,34,37-38,46-47H,4,6-7,9-12,19-20,24,28-29H2,1-3H3,(H,63,75)/t37?,38?,46-,47-/m1/s1. The van der Waals surface area contributed by atoms with Crippen LogP contribution >= 0.6 is 0 Å². The Kier molecular flexibility index (Phi) is 12.0. The number of carbonyl (C=O) groups is 1. The molecule has 1 aliphatic heterocycles. The van der Waals surface area contributed by atoms with E-state index in [1.165, 1.54) is 53.1 Å². The molecule has 2 atom stereocenters. The van der Waals surface area contributed by atoms with Crippen LogP contribution in [0.1, 0.15) is 126 Å². The molecule has 3 saturated carbocycles. The maximum atomic E-state index is 14.7. The third-order valence-electron chi connectivity index (χ3n) is 16.8. The number of aromatic nitrogens is 10. The third-order valence-corrected chi connectivity index (χ3v) is 16.8. The van der Waals surface area contributed by atoms with Crippen LogP contribution in [-0.4, -0.2) is 78.4 Å². The third kappa shape index (κ3) is 8.91. The summed E-state index contributed by atoms with van der Waals surface area (Å²) in [7, 11) is 5.25. The zero-order chi connectivity index (χ0) is 53.9. The molecule has 0 bridgehead atoms. The SMILES string of the molecule is CNC(=O)CCc1cc([C@@H](c2nncn2C)C2CC(c3nnc([C@@H](c4cc(C#N)cc(-n5cc6c(C(F)(F)F)cc(CN7CC8(CC8)C7)cn6c5=O)c4)C4CCC4)n3C)C2)cc(-n2cc3c(C(F)(F)F)cccn3c2=O)c1. The summed E-state index contributed by atoms with van der Waals surface area (Å²) in [5.41, 5.74) is -0.235. The molecule has 1 saturated heterocycles. The fourth-order valence-corrected chi connectivity index (χ4v) is 12.3. The van der Waals surface area contributed by atoms with Crippen LogP contribution in [-0.2, 0) is 44.2 Å². The molecule has 1 spiro atoms. The minimum absolute atomic E-state index is 0.0696. The zero-order valence-electron chi connectivity index (χ0n) is 42.3. The van der Waals surface area contributed by atoms with Crippen molar-refractivity contribution in [2.75, 3.05) is 20.1 Å². The first-order chi connectivity index (χ1) is 36.8. The largest absolute Gasteiger partial charge is 0.418 e. The van der Waals surface area contributed by atoms with Crippen molar-refractivity contribution in [3.8, 4) is 17.4 Å². The van der Waals surface area contributed by atoms with Gasteiger partial charge < -0.3 is 14.5 Å². The van der Waals surface area contributed by atoms with E-state index in [-0.39, 0.29) is 64.7 Å². The Morgan fingerprint density at radius 2 is 1.45 bits per heavy atom. The first kappa shape index (κ1) is 50.0. The number of imidazole rings is 2. The van der Waals surface area contributed by atoms with E-state index in [0.29, 0.717) is 58.8 Å². The van der Waals surface area contributed by atoms with Crippen molar-refractivity contribution >= 4 is 16.9 Å². The molecule has 6 aromatic heterocycles. The Balaban J connectivity index is 0.870. The molecule has 1 N–H and O–H groups in total. The summed E-state index contributed by atoms with van der Waals surface area (Å²) in [4.78, 5) is 42.7. The summed E-state index contributed by atoms with van der Waals surface area (Å²) in [6.07, 6.45) is 3.86. The predicted molar refractivity (Wildman–Crippen MR) is 269 cm³/mol.